The van der Waals surface area contributed by atoms with Crippen LogP contribution in [0.3, 0.4) is 0 Å². The fraction of sp³-hybridized carbons (Fsp3) is 0.900. The van der Waals surface area contributed by atoms with Crippen molar-refractivity contribution < 1.29 is 9.90 Å². The third kappa shape index (κ3) is 2.39. The number of amides is 1. The van der Waals surface area contributed by atoms with Gasteiger partial charge in [-0.25, -0.2) is 0 Å². The topological polar surface area (TPSA) is 40.5 Å². The van der Waals surface area contributed by atoms with Gasteiger partial charge in [0.2, 0.25) is 5.91 Å². The molecule has 1 aliphatic heterocycles. The molecular weight excluding hydrogens is 202 g/mol. The maximum atomic E-state index is 11.5. The van der Waals surface area contributed by atoms with Gasteiger partial charge in [-0.15, -0.1) is 11.6 Å². The lowest BCUT2D eigenvalue weighted by atomic mass is 9.99. The molecule has 1 rings (SSSR count). The molecule has 1 aliphatic rings. The van der Waals surface area contributed by atoms with Crippen molar-refractivity contribution in [1.29, 1.82) is 0 Å². The molecule has 0 radical (unpaired) electrons. The Bertz CT molecular complexity index is 210. The minimum atomic E-state index is -0.0828. The van der Waals surface area contributed by atoms with Crippen molar-refractivity contribution >= 4 is 17.5 Å². The molecular formula is C10H18ClNO2. The lowest BCUT2D eigenvalue weighted by molar-refractivity contribution is -0.131. The summed E-state index contributed by atoms with van der Waals surface area (Å²) in [7, 11) is 0. The lowest BCUT2D eigenvalue weighted by Crippen LogP contribution is -2.43. The summed E-state index contributed by atoms with van der Waals surface area (Å²) >= 11 is 5.91. The van der Waals surface area contributed by atoms with Crippen LogP contribution in [0, 0.1) is 5.92 Å². The fourth-order valence-corrected chi connectivity index (χ4v) is 2.15. The molecule has 0 aromatic carbocycles. The summed E-state index contributed by atoms with van der Waals surface area (Å²) in [6.45, 7) is 4.72. The molecule has 0 spiro atoms. The molecule has 1 fully saturated rings. The predicted octanol–water partition coefficient (Wildman–Crippen LogP) is 1.23. The number of alkyl halides is 1. The number of hydrogen-bond acceptors (Lipinski definition) is 2. The smallest absolute Gasteiger partial charge is 0.224 e. The van der Waals surface area contributed by atoms with Gasteiger partial charge in [-0.2, -0.15) is 0 Å². The lowest BCUT2D eigenvalue weighted by Gasteiger charge is -2.30. The first-order chi connectivity index (χ1) is 6.60. The summed E-state index contributed by atoms with van der Waals surface area (Å²) in [5.74, 6) is 0.398. The Morgan fingerprint density at radius 3 is 2.71 bits per heavy atom. The summed E-state index contributed by atoms with van der Waals surface area (Å²) < 4.78 is 0. The highest BCUT2D eigenvalue weighted by Crippen LogP contribution is 2.23. The molecule has 4 heteroatoms. The second-order valence-electron chi connectivity index (χ2n) is 3.98. The van der Waals surface area contributed by atoms with Crippen LogP contribution in [0.4, 0.5) is 0 Å². The molecule has 82 valence electrons. The van der Waals surface area contributed by atoms with Gasteiger partial charge in [0.25, 0.3) is 0 Å². The van der Waals surface area contributed by atoms with Gasteiger partial charge in [0.15, 0.2) is 0 Å². The highest BCUT2D eigenvalue weighted by molar-refractivity contribution is 6.22. The van der Waals surface area contributed by atoms with E-state index < -0.39 is 0 Å². The quantitative estimate of drug-likeness (QED) is 0.723. The van der Waals surface area contributed by atoms with E-state index in [4.69, 9.17) is 11.6 Å². The maximum absolute atomic E-state index is 11.5. The Morgan fingerprint density at radius 2 is 2.36 bits per heavy atom. The van der Waals surface area contributed by atoms with Gasteiger partial charge in [-0.05, 0) is 5.92 Å². The Kier molecular flexibility index (Phi) is 4.20. The molecule has 0 aromatic rings. The van der Waals surface area contributed by atoms with Crippen molar-refractivity contribution in [3.05, 3.63) is 0 Å². The van der Waals surface area contributed by atoms with Gasteiger partial charge < -0.3 is 10.0 Å². The van der Waals surface area contributed by atoms with E-state index in [2.05, 4.69) is 13.8 Å². The number of nitrogens with zero attached hydrogens (tertiary/aromatic N) is 1. The predicted molar refractivity (Wildman–Crippen MR) is 56.3 cm³/mol. The standard InChI is InChI=1S/C10H18ClNO2/c1-3-7(2)9(6-13)12-5-8(11)4-10(12)14/h7-9,13H,3-6H2,1-2H3/t7-,8?,9+/m0/s1. The van der Waals surface area contributed by atoms with Gasteiger partial charge >= 0.3 is 0 Å². The zero-order valence-electron chi connectivity index (χ0n) is 8.74. The first-order valence-electron chi connectivity index (χ1n) is 5.14. The van der Waals surface area contributed by atoms with E-state index in [1.54, 1.807) is 4.90 Å². The monoisotopic (exact) mass is 219 g/mol. The fourth-order valence-electron chi connectivity index (χ4n) is 1.86. The Balaban J connectivity index is 2.65. The van der Waals surface area contributed by atoms with Crippen LogP contribution in [-0.4, -0.2) is 40.5 Å². The van der Waals surface area contributed by atoms with Crippen molar-refractivity contribution in [2.24, 2.45) is 5.92 Å². The molecule has 1 amide bonds. The van der Waals surface area contributed by atoms with Crippen LogP contribution in [0.25, 0.3) is 0 Å². The number of aliphatic hydroxyl groups is 1. The van der Waals surface area contributed by atoms with E-state index in [1.807, 2.05) is 0 Å². The van der Waals surface area contributed by atoms with Crippen LogP contribution in [0.15, 0.2) is 0 Å². The molecule has 0 aliphatic carbocycles. The summed E-state index contributed by atoms with van der Waals surface area (Å²) in [6, 6.07) is -0.0590. The highest BCUT2D eigenvalue weighted by atomic mass is 35.5. The summed E-state index contributed by atoms with van der Waals surface area (Å²) in [6.07, 6.45) is 1.37. The number of aliphatic hydroxyl groups excluding tert-OH is 1. The molecule has 1 unspecified atom stereocenters. The molecule has 0 aromatic heterocycles. The van der Waals surface area contributed by atoms with Crippen molar-refractivity contribution in [2.45, 2.75) is 38.1 Å². The van der Waals surface area contributed by atoms with Crippen LogP contribution in [0.1, 0.15) is 26.7 Å². The van der Waals surface area contributed by atoms with Crippen LogP contribution >= 0.6 is 11.6 Å². The van der Waals surface area contributed by atoms with Gasteiger partial charge in [0, 0.05) is 13.0 Å². The van der Waals surface area contributed by atoms with Crippen LogP contribution < -0.4 is 0 Å². The van der Waals surface area contributed by atoms with Gasteiger partial charge in [0.05, 0.1) is 18.0 Å². The van der Waals surface area contributed by atoms with E-state index in [-0.39, 0.29) is 23.9 Å². The number of carbonyl (C=O) groups is 1. The molecule has 1 saturated heterocycles. The number of hydrogen-bond donors (Lipinski definition) is 1. The van der Waals surface area contributed by atoms with Crippen molar-refractivity contribution in [1.82, 2.24) is 4.90 Å². The van der Waals surface area contributed by atoms with Crippen molar-refractivity contribution in [3.63, 3.8) is 0 Å². The molecule has 0 bridgehead atoms. The van der Waals surface area contributed by atoms with E-state index in [0.29, 0.717) is 18.9 Å². The minimum absolute atomic E-state index is 0.0321. The SMILES string of the molecule is CC[C@H](C)[C@@H](CO)N1CC(Cl)CC1=O. The minimum Gasteiger partial charge on any atom is -0.394 e. The van der Waals surface area contributed by atoms with Crippen LogP contribution in [-0.2, 0) is 4.79 Å². The second-order valence-corrected chi connectivity index (χ2v) is 4.60. The third-order valence-electron chi connectivity index (χ3n) is 3.00. The normalized spacial score (nSPS) is 26.7. The van der Waals surface area contributed by atoms with Gasteiger partial charge in [-0.3, -0.25) is 4.79 Å². The first-order valence-corrected chi connectivity index (χ1v) is 5.58. The molecule has 0 saturated carbocycles. The Hall–Kier alpha value is -0.280. The van der Waals surface area contributed by atoms with E-state index in [0.717, 1.165) is 6.42 Å². The van der Waals surface area contributed by atoms with Crippen LogP contribution in [0.2, 0.25) is 0 Å². The molecule has 3 atom stereocenters. The first kappa shape index (κ1) is 11.8. The van der Waals surface area contributed by atoms with Gasteiger partial charge in [0.1, 0.15) is 0 Å². The Labute approximate surface area is 90.0 Å². The van der Waals surface area contributed by atoms with E-state index >= 15 is 0 Å². The largest absolute Gasteiger partial charge is 0.394 e. The third-order valence-corrected chi connectivity index (χ3v) is 3.29. The average molecular weight is 220 g/mol. The second kappa shape index (κ2) is 4.99. The maximum Gasteiger partial charge on any atom is 0.224 e. The van der Waals surface area contributed by atoms with Crippen molar-refractivity contribution in [2.75, 3.05) is 13.2 Å². The van der Waals surface area contributed by atoms with Crippen molar-refractivity contribution in [3.8, 4) is 0 Å². The number of likely N-dealkylation sites (tertiary alicyclic amines) is 1. The average Bonchev–Trinajstić information content (AvgIpc) is 2.47. The molecule has 1 N–H and O–H groups in total. The number of halogens is 1. The van der Waals surface area contributed by atoms with E-state index in [1.165, 1.54) is 0 Å². The summed E-state index contributed by atoms with van der Waals surface area (Å²) in [5.41, 5.74) is 0. The number of rotatable bonds is 4. The molecule has 3 nitrogen and oxygen atoms in total. The summed E-state index contributed by atoms with van der Waals surface area (Å²) in [4.78, 5) is 13.3. The van der Waals surface area contributed by atoms with E-state index in [9.17, 15) is 9.90 Å². The molecule has 14 heavy (non-hydrogen) atoms. The zero-order chi connectivity index (χ0) is 10.7. The van der Waals surface area contributed by atoms with Crippen LogP contribution in [0.5, 0.6) is 0 Å². The molecule has 1 heterocycles. The highest BCUT2D eigenvalue weighted by Gasteiger charge is 2.34. The van der Waals surface area contributed by atoms with Gasteiger partial charge in [-0.1, -0.05) is 20.3 Å². The zero-order valence-corrected chi connectivity index (χ0v) is 9.50. The summed E-state index contributed by atoms with van der Waals surface area (Å²) in [5, 5.41) is 9.17. The Morgan fingerprint density at radius 1 is 1.71 bits per heavy atom. The number of carbonyl (C=O) groups excluding carboxylic acids is 1.